The number of anilines is 1. The zero-order valence-electron chi connectivity index (χ0n) is 15.4. The van der Waals surface area contributed by atoms with Gasteiger partial charge in [-0.15, -0.1) is 0 Å². The number of carbonyl (C=O) groups is 2. The highest BCUT2D eigenvalue weighted by Gasteiger charge is 2.16. The molecule has 142 valence electrons. The quantitative estimate of drug-likeness (QED) is 0.575. The molecule has 0 saturated heterocycles. The van der Waals surface area contributed by atoms with Crippen molar-refractivity contribution in [3.05, 3.63) is 41.6 Å². The summed E-state index contributed by atoms with van der Waals surface area (Å²) in [6.45, 7) is 2.30. The van der Waals surface area contributed by atoms with Crippen LogP contribution in [0.15, 0.2) is 30.3 Å². The van der Waals surface area contributed by atoms with Crippen LogP contribution in [0.3, 0.4) is 0 Å². The van der Waals surface area contributed by atoms with Gasteiger partial charge in [0.25, 0.3) is 0 Å². The van der Waals surface area contributed by atoms with E-state index in [9.17, 15) is 14.9 Å². The van der Waals surface area contributed by atoms with Gasteiger partial charge in [-0.05, 0) is 31.4 Å². The summed E-state index contributed by atoms with van der Waals surface area (Å²) < 4.78 is 1.55. The van der Waals surface area contributed by atoms with Crippen molar-refractivity contribution in [3.63, 3.8) is 0 Å². The first-order chi connectivity index (χ1) is 13.1. The van der Waals surface area contributed by atoms with Crippen molar-refractivity contribution in [2.75, 3.05) is 18.8 Å². The molecule has 0 radical (unpaired) electrons. The molecule has 1 aromatic carbocycles. The fourth-order valence-corrected chi connectivity index (χ4v) is 2.58. The summed E-state index contributed by atoms with van der Waals surface area (Å²) in [5.74, 6) is -0.0658. The molecule has 0 aliphatic carbocycles. The predicted octanol–water partition coefficient (Wildman–Crippen LogP) is 1.29. The van der Waals surface area contributed by atoms with Crippen molar-refractivity contribution in [2.45, 2.75) is 32.6 Å². The predicted molar refractivity (Wildman–Crippen MR) is 102 cm³/mol. The molecule has 2 rings (SSSR count). The first kappa shape index (κ1) is 20.0. The van der Waals surface area contributed by atoms with Crippen LogP contribution in [0.4, 0.5) is 5.82 Å². The minimum Gasteiger partial charge on any atom is -0.382 e. The number of nitrogens with two attached hydrogens (primary N) is 1. The van der Waals surface area contributed by atoms with E-state index < -0.39 is 0 Å². The highest BCUT2D eigenvalue weighted by atomic mass is 16.2. The molecule has 0 spiro atoms. The maximum absolute atomic E-state index is 11.7. The molecular formula is C19H24N6O2. The van der Waals surface area contributed by atoms with Crippen LogP contribution in [-0.4, -0.2) is 34.7 Å². The number of nitriles is 1. The molecule has 1 aromatic heterocycles. The van der Waals surface area contributed by atoms with Crippen LogP contribution >= 0.6 is 0 Å². The Morgan fingerprint density at radius 2 is 1.96 bits per heavy atom. The molecule has 0 aliphatic rings. The Morgan fingerprint density at radius 3 is 2.63 bits per heavy atom. The van der Waals surface area contributed by atoms with Crippen LogP contribution in [0.5, 0.6) is 0 Å². The average molecular weight is 368 g/mol. The molecule has 2 amide bonds. The zero-order chi connectivity index (χ0) is 19.6. The Bertz CT molecular complexity index is 823. The maximum Gasteiger partial charge on any atom is 0.239 e. The van der Waals surface area contributed by atoms with Crippen LogP contribution < -0.4 is 16.4 Å². The number of hydrogen-bond acceptors (Lipinski definition) is 5. The lowest BCUT2D eigenvalue weighted by atomic mass is 10.1. The molecule has 8 nitrogen and oxygen atoms in total. The van der Waals surface area contributed by atoms with Gasteiger partial charge < -0.3 is 16.4 Å². The lowest BCUT2D eigenvalue weighted by Crippen LogP contribution is -2.37. The molecular weight excluding hydrogens is 344 g/mol. The van der Waals surface area contributed by atoms with E-state index >= 15 is 0 Å². The van der Waals surface area contributed by atoms with Gasteiger partial charge in [0.2, 0.25) is 11.8 Å². The number of aromatic nitrogens is 2. The van der Waals surface area contributed by atoms with E-state index in [0.717, 1.165) is 12.1 Å². The van der Waals surface area contributed by atoms with Crippen molar-refractivity contribution in [2.24, 2.45) is 0 Å². The third-order valence-electron chi connectivity index (χ3n) is 3.94. The number of benzene rings is 1. The van der Waals surface area contributed by atoms with Crippen LogP contribution in [0.1, 0.15) is 37.4 Å². The molecule has 2 aromatic rings. The van der Waals surface area contributed by atoms with Gasteiger partial charge in [-0.3, -0.25) is 9.59 Å². The van der Waals surface area contributed by atoms with Crippen molar-refractivity contribution >= 4 is 17.6 Å². The van der Waals surface area contributed by atoms with E-state index in [1.54, 1.807) is 4.68 Å². The molecule has 0 aliphatic heterocycles. The van der Waals surface area contributed by atoms with Crippen LogP contribution in [0, 0.1) is 11.3 Å². The number of rotatable bonds is 9. The average Bonchev–Trinajstić information content (AvgIpc) is 3.00. The van der Waals surface area contributed by atoms with E-state index in [1.807, 2.05) is 37.3 Å². The molecule has 8 heteroatoms. The van der Waals surface area contributed by atoms with Crippen molar-refractivity contribution < 1.29 is 9.59 Å². The molecule has 0 fully saturated rings. The first-order valence-electron chi connectivity index (χ1n) is 8.93. The number of nitrogens with one attached hydrogen (secondary N) is 2. The van der Waals surface area contributed by atoms with Gasteiger partial charge in [0.15, 0.2) is 0 Å². The van der Waals surface area contributed by atoms with Gasteiger partial charge in [0.05, 0.1) is 17.9 Å². The largest absolute Gasteiger partial charge is 0.382 e. The number of hydrogen-bond donors (Lipinski definition) is 3. The Morgan fingerprint density at radius 1 is 1.22 bits per heavy atom. The number of nitrogen functional groups attached to an aromatic ring is 1. The van der Waals surface area contributed by atoms with Gasteiger partial charge in [0.1, 0.15) is 17.5 Å². The monoisotopic (exact) mass is 368 g/mol. The smallest absolute Gasteiger partial charge is 0.239 e. The van der Waals surface area contributed by atoms with Gasteiger partial charge in [-0.2, -0.15) is 10.4 Å². The van der Waals surface area contributed by atoms with Gasteiger partial charge >= 0.3 is 0 Å². The van der Waals surface area contributed by atoms with Crippen molar-refractivity contribution in [1.29, 1.82) is 5.26 Å². The number of carbonyl (C=O) groups excluding carboxylic acids is 2. The Balaban J connectivity index is 1.87. The lowest BCUT2D eigenvalue weighted by Gasteiger charge is -2.06. The summed E-state index contributed by atoms with van der Waals surface area (Å²) in [7, 11) is 0. The number of amides is 2. The third-order valence-corrected chi connectivity index (χ3v) is 3.94. The third kappa shape index (κ3) is 5.57. The molecule has 0 atom stereocenters. The van der Waals surface area contributed by atoms with E-state index in [2.05, 4.69) is 21.8 Å². The Kier molecular flexibility index (Phi) is 7.37. The minimum atomic E-state index is -0.241. The van der Waals surface area contributed by atoms with Gasteiger partial charge in [-0.25, -0.2) is 4.68 Å². The molecule has 1 heterocycles. The van der Waals surface area contributed by atoms with E-state index in [0.29, 0.717) is 42.9 Å². The number of para-hydroxylation sites is 1. The summed E-state index contributed by atoms with van der Waals surface area (Å²) in [6, 6.07) is 11.5. The second-order valence-corrected chi connectivity index (χ2v) is 6.05. The number of nitrogens with zero attached hydrogens (tertiary/aromatic N) is 3. The van der Waals surface area contributed by atoms with Crippen LogP contribution in [0.2, 0.25) is 0 Å². The first-order valence-corrected chi connectivity index (χ1v) is 8.93. The van der Waals surface area contributed by atoms with Gasteiger partial charge in [-0.1, -0.05) is 25.1 Å². The normalized spacial score (nSPS) is 10.2. The van der Waals surface area contributed by atoms with Crippen molar-refractivity contribution in [3.8, 4) is 11.8 Å². The van der Waals surface area contributed by atoms with E-state index in [1.165, 1.54) is 0 Å². The van der Waals surface area contributed by atoms with Crippen molar-refractivity contribution in [1.82, 2.24) is 20.4 Å². The zero-order valence-corrected chi connectivity index (χ0v) is 15.4. The molecule has 27 heavy (non-hydrogen) atoms. The SMILES string of the molecule is CCCC(=O)NCC(=O)NCCCc1nn(-c2ccccc2)c(N)c1C#N. The molecule has 0 unspecified atom stereocenters. The summed E-state index contributed by atoms with van der Waals surface area (Å²) in [5.41, 5.74) is 7.81. The molecule has 4 N–H and O–H groups in total. The fourth-order valence-electron chi connectivity index (χ4n) is 2.58. The molecule has 0 saturated carbocycles. The highest BCUT2D eigenvalue weighted by molar-refractivity contribution is 5.84. The summed E-state index contributed by atoms with van der Waals surface area (Å²) in [5, 5.41) is 19.1. The summed E-state index contributed by atoms with van der Waals surface area (Å²) in [6.07, 6.45) is 2.27. The second kappa shape index (κ2) is 9.97. The van der Waals surface area contributed by atoms with Gasteiger partial charge in [0, 0.05) is 13.0 Å². The summed E-state index contributed by atoms with van der Waals surface area (Å²) in [4.78, 5) is 23.1. The molecule has 0 bridgehead atoms. The van der Waals surface area contributed by atoms with Crippen LogP contribution in [-0.2, 0) is 16.0 Å². The van der Waals surface area contributed by atoms with Crippen LogP contribution in [0.25, 0.3) is 5.69 Å². The van der Waals surface area contributed by atoms with E-state index in [4.69, 9.17) is 5.73 Å². The Labute approximate surface area is 158 Å². The number of aryl methyl sites for hydroxylation is 1. The van der Waals surface area contributed by atoms with E-state index in [-0.39, 0.29) is 18.4 Å². The highest BCUT2D eigenvalue weighted by Crippen LogP contribution is 2.21. The topological polar surface area (TPSA) is 126 Å². The standard InChI is InChI=1S/C19H24N6O2/c1-2-7-17(26)23-13-18(27)22-11-6-10-16-15(12-20)19(21)25(24-16)14-8-4-3-5-9-14/h3-5,8-9H,2,6-7,10-11,13,21H2,1H3,(H,22,27)(H,23,26). The fraction of sp³-hybridized carbons (Fsp3) is 0.368. The summed E-state index contributed by atoms with van der Waals surface area (Å²) >= 11 is 0. The maximum atomic E-state index is 11.7. The second-order valence-electron chi connectivity index (χ2n) is 6.05. The minimum absolute atomic E-state index is 0.0299. The Hall–Kier alpha value is -3.34. The lowest BCUT2D eigenvalue weighted by molar-refractivity contribution is -0.126.